The maximum atomic E-state index is 5.21. The first kappa shape index (κ1) is 13.4. The van der Waals surface area contributed by atoms with Crippen molar-refractivity contribution in [1.29, 1.82) is 0 Å². The highest BCUT2D eigenvalue weighted by molar-refractivity contribution is 7.71. The van der Waals surface area contributed by atoms with E-state index in [-0.39, 0.29) is 0 Å². The van der Waals surface area contributed by atoms with Crippen molar-refractivity contribution >= 4 is 18.4 Å². The van der Waals surface area contributed by atoms with Crippen molar-refractivity contribution < 1.29 is 0 Å². The molecule has 0 saturated heterocycles. The molecule has 0 unspecified atom stereocenters. The predicted octanol–water partition coefficient (Wildman–Crippen LogP) is 2.83. The zero-order valence-corrected chi connectivity index (χ0v) is 12.5. The molecule has 21 heavy (non-hydrogen) atoms. The number of H-pyrrole nitrogens is 2. The normalized spacial score (nSPS) is 11.3. The summed E-state index contributed by atoms with van der Waals surface area (Å²) in [5.74, 6) is 0.577. The predicted molar refractivity (Wildman–Crippen MR) is 83.9 cm³/mol. The van der Waals surface area contributed by atoms with Crippen LogP contribution in [0.2, 0.25) is 0 Å². The fourth-order valence-corrected chi connectivity index (χ4v) is 2.05. The lowest BCUT2D eigenvalue weighted by molar-refractivity contribution is 0.865. The largest absolute Gasteiger partial charge is 0.282 e. The summed E-state index contributed by atoms with van der Waals surface area (Å²) in [6.45, 7) is 3.97. The Bertz CT molecular complexity index is 837. The monoisotopic (exact) mass is 298 g/mol. The first-order valence-corrected chi connectivity index (χ1v) is 6.85. The highest BCUT2D eigenvalue weighted by Gasteiger charge is 2.10. The van der Waals surface area contributed by atoms with Gasteiger partial charge in [0, 0.05) is 5.69 Å². The molecule has 0 atom stereocenters. The van der Waals surface area contributed by atoms with Crippen molar-refractivity contribution in [3.63, 3.8) is 0 Å². The Labute approximate surface area is 126 Å². The number of aromatic amines is 2. The maximum Gasteiger partial charge on any atom is 0.216 e. The average molecular weight is 298 g/mol. The van der Waals surface area contributed by atoms with Gasteiger partial charge in [-0.1, -0.05) is 29.8 Å². The van der Waals surface area contributed by atoms with Gasteiger partial charge in [0.05, 0.1) is 6.21 Å². The van der Waals surface area contributed by atoms with Crippen LogP contribution in [0.1, 0.15) is 16.8 Å². The van der Waals surface area contributed by atoms with Gasteiger partial charge in [0.1, 0.15) is 5.69 Å². The number of rotatable bonds is 3. The van der Waals surface area contributed by atoms with Crippen molar-refractivity contribution in [3.05, 3.63) is 51.9 Å². The average Bonchev–Trinajstić information content (AvgIpc) is 3.05. The molecule has 0 aliphatic heterocycles. The summed E-state index contributed by atoms with van der Waals surface area (Å²) in [4.78, 5) is 0. The molecule has 2 N–H and O–H groups in total. The van der Waals surface area contributed by atoms with Crippen LogP contribution in [0.3, 0.4) is 0 Å². The van der Waals surface area contributed by atoms with Crippen molar-refractivity contribution in [2.45, 2.75) is 13.8 Å². The van der Waals surface area contributed by atoms with E-state index in [1.54, 1.807) is 10.9 Å². The summed E-state index contributed by atoms with van der Waals surface area (Å²) < 4.78 is 1.99. The summed E-state index contributed by atoms with van der Waals surface area (Å²) in [7, 11) is 0. The summed E-state index contributed by atoms with van der Waals surface area (Å²) in [5, 5.41) is 18.4. The molecule has 2 aromatic heterocycles. The van der Waals surface area contributed by atoms with Gasteiger partial charge >= 0.3 is 0 Å². The van der Waals surface area contributed by atoms with Crippen LogP contribution >= 0.6 is 12.2 Å². The van der Waals surface area contributed by atoms with Gasteiger partial charge in [-0.2, -0.15) is 20.0 Å². The summed E-state index contributed by atoms with van der Waals surface area (Å²) >= 11 is 5.21. The number of nitrogens with zero attached hydrogens (tertiary/aromatic N) is 4. The molecule has 0 bridgehead atoms. The maximum absolute atomic E-state index is 5.21. The molecule has 0 aliphatic rings. The highest BCUT2D eigenvalue weighted by Crippen LogP contribution is 2.15. The number of hydrogen-bond acceptors (Lipinski definition) is 4. The van der Waals surface area contributed by atoms with E-state index in [1.807, 2.05) is 44.2 Å². The van der Waals surface area contributed by atoms with Crippen molar-refractivity contribution in [2.24, 2.45) is 5.10 Å². The molecule has 7 heteroatoms. The molecule has 0 amide bonds. The fraction of sp³-hybridized carbons (Fsp3) is 0.143. The number of hydrogen-bond donors (Lipinski definition) is 2. The second kappa shape index (κ2) is 5.45. The van der Waals surface area contributed by atoms with Crippen molar-refractivity contribution in [2.75, 3.05) is 0 Å². The van der Waals surface area contributed by atoms with E-state index in [1.165, 1.54) is 5.56 Å². The van der Waals surface area contributed by atoms with Crippen molar-refractivity contribution in [1.82, 2.24) is 25.1 Å². The van der Waals surface area contributed by atoms with Crippen LogP contribution in [0.5, 0.6) is 0 Å². The minimum absolute atomic E-state index is 0.425. The molecule has 0 aliphatic carbocycles. The van der Waals surface area contributed by atoms with Crippen LogP contribution in [0.25, 0.3) is 11.5 Å². The molecule has 2 heterocycles. The minimum atomic E-state index is 0.425. The second-order valence-electron chi connectivity index (χ2n) is 4.76. The first-order chi connectivity index (χ1) is 10.1. The first-order valence-electron chi connectivity index (χ1n) is 6.44. The van der Waals surface area contributed by atoms with E-state index >= 15 is 0 Å². The van der Waals surface area contributed by atoms with Gasteiger partial charge in [-0.3, -0.25) is 5.10 Å². The minimum Gasteiger partial charge on any atom is -0.282 e. The van der Waals surface area contributed by atoms with E-state index in [0.717, 1.165) is 11.3 Å². The van der Waals surface area contributed by atoms with Crippen LogP contribution in [0.4, 0.5) is 0 Å². The lowest BCUT2D eigenvalue weighted by Gasteiger charge is -1.97. The van der Waals surface area contributed by atoms with Gasteiger partial charge in [-0.05, 0) is 37.7 Å². The zero-order valence-electron chi connectivity index (χ0n) is 11.7. The zero-order chi connectivity index (χ0) is 14.8. The number of aromatic nitrogens is 5. The molecule has 0 saturated carbocycles. The number of aryl methyl sites for hydroxylation is 2. The van der Waals surface area contributed by atoms with Crippen LogP contribution in [-0.4, -0.2) is 31.3 Å². The Hall–Kier alpha value is -2.54. The van der Waals surface area contributed by atoms with E-state index in [0.29, 0.717) is 16.3 Å². The SMILES string of the molecule is Cc1ccc(/C=N\n2c(-c3cc(C)[nH]n3)n[nH]c2=S)cc1. The fourth-order valence-electron chi connectivity index (χ4n) is 1.87. The van der Waals surface area contributed by atoms with Crippen LogP contribution < -0.4 is 0 Å². The summed E-state index contributed by atoms with van der Waals surface area (Å²) in [5.41, 5.74) is 3.85. The van der Waals surface area contributed by atoms with E-state index < -0.39 is 0 Å². The lowest BCUT2D eigenvalue weighted by atomic mass is 10.2. The third-order valence-corrected chi connectivity index (χ3v) is 3.25. The molecule has 6 nitrogen and oxygen atoms in total. The third-order valence-electron chi connectivity index (χ3n) is 2.99. The van der Waals surface area contributed by atoms with Gasteiger partial charge < -0.3 is 0 Å². The van der Waals surface area contributed by atoms with Gasteiger partial charge in [0.15, 0.2) is 0 Å². The van der Waals surface area contributed by atoms with E-state index in [4.69, 9.17) is 12.2 Å². The molecule has 0 fully saturated rings. The lowest BCUT2D eigenvalue weighted by Crippen LogP contribution is -1.95. The highest BCUT2D eigenvalue weighted by atomic mass is 32.1. The van der Waals surface area contributed by atoms with Gasteiger partial charge in [0.2, 0.25) is 10.6 Å². The Balaban J connectivity index is 1.97. The van der Waals surface area contributed by atoms with E-state index in [2.05, 4.69) is 25.5 Å². The second-order valence-corrected chi connectivity index (χ2v) is 5.14. The Morgan fingerprint density at radius 1 is 1.14 bits per heavy atom. The molecule has 1 aromatic carbocycles. The summed E-state index contributed by atoms with van der Waals surface area (Å²) in [6, 6.07) is 9.96. The quantitative estimate of drug-likeness (QED) is 0.577. The number of nitrogens with one attached hydrogen (secondary N) is 2. The molecular weight excluding hydrogens is 284 g/mol. The van der Waals surface area contributed by atoms with Crippen molar-refractivity contribution in [3.8, 4) is 11.5 Å². The van der Waals surface area contributed by atoms with Gasteiger partial charge in [0.25, 0.3) is 0 Å². The molecule has 3 rings (SSSR count). The van der Waals surface area contributed by atoms with Crippen LogP contribution in [-0.2, 0) is 0 Å². The standard InChI is InChI=1S/C14H14N6S/c1-9-3-5-11(6-4-9)8-15-20-13(18-19-14(20)21)12-7-10(2)16-17-12/h3-8H,1-2H3,(H,16,17)(H,19,21)/b15-8-. The molecule has 3 aromatic rings. The molecule has 0 spiro atoms. The molecular formula is C14H14N6S. The summed E-state index contributed by atoms with van der Waals surface area (Å²) in [6.07, 6.45) is 1.74. The Morgan fingerprint density at radius 2 is 1.90 bits per heavy atom. The molecule has 0 radical (unpaired) electrons. The Morgan fingerprint density at radius 3 is 2.57 bits per heavy atom. The molecule has 106 valence electrons. The third kappa shape index (κ3) is 2.82. The topological polar surface area (TPSA) is 74.7 Å². The van der Waals surface area contributed by atoms with E-state index in [9.17, 15) is 0 Å². The smallest absolute Gasteiger partial charge is 0.216 e. The Kier molecular flexibility index (Phi) is 3.49. The van der Waals surface area contributed by atoms with Gasteiger partial charge in [-0.25, -0.2) is 5.10 Å². The number of benzene rings is 1. The van der Waals surface area contributed by atoms with Gasteiger partial charge in [-0.15, -0.1) is 0 Å². The van der Waals surface area contributed by atoms with Crippen LogP contribution in [0.15, 0.2) is 35.4 Å². The van der Waals surface area contributed by atoms with Crippen LogP contribution in [0, 0.1) is 18.6 Å².